The van der Waals surface area contributed by atoms with Crippen molar-refractivity contribution in [2.45, 2.75) is 17.4 Å². The van der Waals surface area contributed by atoms with E-state index in [2.05, 4.69) is 15.6 Å². The van der Waals surface area contributed by atoms with Crippen LogP contribution in [0.3, 0.4) is 0 Å². The lowest BCUT2D eigenvalue weighted by atomic mass is 10.2. The summed E-state index contributed by atoms with van der Waals surface area (Å²) in [7, 11) is -2.37. The van der Waals surface area contributed by atoms with Gasteiger partial charge in [0.25, 0.3) is 11.8 Å². The van der Waals surface area contributed by atoms with E-state index < -0.39 is 27.9 Å². The highest BCUT2D eigenvalue weighted by Crippen LogP contribution is 2.12. The number of amides is 2. The van der Waals surface area contributed by atoms with Crippen LogP contribution in [-0.4, -0.2) is 45.4 Å². The summed E-state index contributed by atoms with van der Waals surface area (Å²) < 4.78 is 32.5. The van der Waals surface area contributed by atoms with E-state index in [4.69, 9.17) is 4.74 Å². The van der Waals surface area contributed by atoms with Crippen LogP contribution in [0.15, 0.2) is 59.5 Å². The fourth-order valence-corrected chi connectivity index (χ4v) is 4.08. The Hall–Kier alpha value is -2.56. The van der Waals surface area contributed by atoms with E-state index in [-0.39, 0.29) is 11.3 Å². The number of hydrogen-bond donors (Lipinski definition) is 3. The van der Waals surface area contributed by atoms with E-state index in [0.717, 1.165) is 0 Å². The molecule has 0 aromatic heterocycles. The van der Waals surface area contributed by atoms with Gasteiger partial charge in [0.15, 0.2) is 0 Å². The number of carbonyl (C=O) groups excluding carboxylic acids is 2. The summed E-state index contributed by atoms with van der Waals surface area (Å²) in [6, 6.07) is 13.1. The van der Waals surface area contributed by atoms with Gasteiger partial charge in [0.1, 0.15) is 11.8 Å². The fraction of sp³-hybridized carbons (Fsp3) is 0.263. The Morgan fingerprint density at radius 2 is 1.69 bits per heavy atom. The number of hydrazine groups is 1. The fourth-order valence-electron chi connectivity index (χ4n) is 2.35. The van der Waals surface area contributed by atoms with Crippen LogP contribution in [0.2, 0.25) is 0 Å². The molecule has 29 heavy (non-hydrogen) atoms. The standard InChI is InChI=1S/C19H23N3O5S2/c1-27-15-10-8-14(9-11-15)18(23)20-21-19(24)17(12-13-28-2)22-29(25,26)16-6-4-3-5-7-16/h3-11,17,22H,12-13H2,1-2H3,(H,20,23)(H,21,24). The Balaban J connectivity index is 2.03. The lowest BCUT2D eigenvalue weighted by molar-refractivity contribution is -0.123. The van der Waals surface area contributed by atoms with Crippen molar-refractivity contribution in [2.24, 2.45) is 0 Å². The minimum atomic E-state index is -3.88. The second kappa shape index (κ2) is 10.8. The molecule has 2 aromatic rings. The lowest BCUT2D eigenvalue weighted by Crippen LogP contribution is -2.52. The highest BCUT2D eigenvalue weighted by molar-refractivity contribution is 7.98. The molecule has 8 nitrogen and oxygen atoms in total. The summed E-state index contributed by atoms with van der Waals surface area (Å²) in [5, 5.41) is 0. The van der Waals surface area contributed by atoms with Gasteiger partial charge >= 0.3 is 0 Å². The Kier molecular flexibility index (Phi) is 8.50. The minimum absolute atomic E-state index is 0.0595. The van der Waals surface area contributed by atoms with E-state index in [0.29, 0.717) is 17.1 Å². The third-order valence-electron chi connectivity index (χ3n) is 3.93. The molecule has 0 aliphatic heterocycles. The zero-order valence-electron chi connectivity index (χ0n) is 16.0. The van der Waals surface area contributed by atoms with Crippen LogP contribution in [0.4, 0.5) is 0 Å². The normalized spacial score (nSPS) is 12.1. The molecule has 0 bridgehead atoms. The van der Waals surface area contributed by atoms with E-state index >= 15 is 0 Å². The van der Waals surface area contributed by atoms with Gasteiger partial charge in [-0.05, 0) is 54.8 Å². The van der Waals surface area contributed by atoms with Crippen molar-refractivity contribution in [2.75, 3.05) is 19.1 Å². The number of methoxy groups -OCH3 is 1. The van der Waals surface area contributed by atoms with E-state index in [9.17, 15) is 18.0 Å². The van der Waals surface area contributed by atoms with Crippen LogP contribution in [-0.2, 0) is 14.8 Å². The first-order chi connectivity index (χ1) is 13.9. The molecular weight excluding hydrogens is 414 g/mol. The summed E-state index contributed by atoms with van der Waals surface area (Å²) >= 11 is 1.48. The highest BCUT2D eigenvalue weighted by Gasteiger charge is 2.25. The first kappa shape index (κ1) is 22.7. The molecular formula is C19H23N3O5S2. The van der Waals surface area contributed by atoms with Crippen molar-refractivity contribution in [1.82, 2.24) is 15.6 Å². The molecule has 156 valence electrons. The van der Waals surface area contributed by atoms with Gasteiger partial charge in [-0.1, -0.05) is 18.2 Å². The number of ether oxygens (including phenoxy) is 1. The zero-order valence-corrected chi connectivity index (χ0v) is 17.7. The summed E-state index contributed by atoms with van der Waals surface area (Å²) in [4.78, 5) is 24.8. The predicted molar refractivity (Wildman–Crippen MR) is 112 cm³/mol. The molecule has 0 fully saturated rings. The molecule has 0 spiro atoms. The quantitative estimate of drug-likeness (QED) is 0.513. The van der Waals surface area contributed by atoms with E-state index in [1.165, 1.54) is 31.0 Å². The molecule has 3 N–H and O–H groups in total. The number of hydrogen-bond acceptors (Lipinski definition) is 6. The maximum Gasteiger partial charge on any atom is 0.269 e. The van der Waals surface area contributed by atoms with Gasteiger partial charge in [0.2, 0.25) is 10.0 Å². The smallest absolute Gasteiger partial charge is 0.269 e. The maximum atomic E-state index is 12.5. The molecule has 0 radical (unpaired) electrons. The van der Waals surface area contributed by atoms with Crippen LogP contribution in [0.25, 0.3) is 0 Å². The Bertz CT molecular complexity index is 919. The third-order valence-corrected chi connectivity index (χ3v) is 6.06. The van der Waals surface area contributed by atoms with Crippen molar-refractivity contribution < 1.29 is 22.7 Å². The summed E-state index contributed by atoms with van der Waals surface area (Å²) in [6.07, 6.45) is 2.11. The molecule has 0 aliphatic carbocycles. The largest absolute Gasteiger partial charge is 0.497 e. The lowest BCUT2D eigenvalue weighted by Gasteiger charge is -2.18. The molecule has 0 saturated carbocycles. The van der Waals surface area contributed by atoms with Crippen molar-refractivity contribution in [3.8, 4) is 5.75 Å². The van der Waals surface area contributed by atoms with Gasteiger partial charge in [0.05, 0.1) is 12.0 Å². The number of rotatable bonds is 9. The van der Waals surface area contributed by atoms with Crippen LogP contribution >= 0.6 is 11.8 Å². The van der Waals surface area contributed by atoms with E-state index in [1.54, 1.807) is 42.5 Å². The number of thioether (sulfide) groups is 1. The Morgan fingerprint density at radius 3 is 2.28 bits per heavy atom. The topological polar surface area (TPSA) is 114 Å². The van der Waals surface area contributed by atoms with Gasteiger partial charge in [-0.3, -0.25) is 20.4 Å². The predicted octanol–water partition coefficient (Wildman–Crippen LogP) is 1.56. The molecule has 0 heterocycles. The van der Waals surface area contributed by atoms with Crippen LogP contribution < -0.4 is 20.3 Å². The average Bonchev–Trinajstić information content (AvgIpc) is 2.75. The molecule has 10 heteroatoms. The molecule has 0 aliphatic rings. The molecule has 2 rings (SSSR count). The van der Waals surface area contributed by atoms with Gasteiger partial charge < -0.3 is 4.74 Å². The van der Waals surface area contributed by atoms with Gasteiger partial charge in [-0.25, -0.2) is 8.42 Å². The second-order valence-corrected chi connectivity index (χ2v) is 8.64. The van der Waals surface area contributed by atoms with Gasteiger partial charge in [-0.2, -0.15) is 16.5 Å². The number of carbonyl (C=O) groups is 2. The van der Waals surface area contributed by atoms with Crippen LogP contribution in [0.1, 0.15) is 16.8 Å². The summed E-state index contributed by atoms with van der Waals surface area (Å²) in [6.45, 7) is 0. The van der Waals surface area contributed by atoms with Crippen molar-refractivity contribution in [1.29, 1.82) is 0 Å². The van der Waals surface area contributed by atoms with E-state index in [1.807, 2.05) is 6.26 Å². The first-order valence-corrected chi connectivity index (χ1v) is 11.6. The second-order valence-electron chi connectivity index (χ2n) is 5.94. The molecule has 2 aromatic carbocycles. The van der Waals surface area contributed by atoms with Crippen LogP contribution in [0.5, 0.6) is 5.75 Å². The monoisotopic (exact) mass is 437 g/mol. The first-order valence-electron chi connectivity index (χ1n) is 8.68. The minimum Gasteiger partial charge on any atom is -0.497 e. The summed E-state index contributed by atoms with van der Waals surface area (Å²) in [5.74, 6) is -0.0315. The molecule has 1 atom stereocenters. The number of benzene rings is 2. The summed E-state index contributed by atoms with van der Waals surface area (Å²) in [5.41, 5.74) is 4.90. The zero-order chi connectivity index (χ0) is 21.3. The van der Waals surface area contributed by atoms with Crippen molar-refractivity contribution in [3.05, 3.63) is 60.2 Å². The van der Waals surface area contributed by atoms with Crippen molar-refractivity contribution >= 4 is 33.6 Å². The van der Waals surface area contributed by atoms with Gasteiger partial charge in [-0.15, -0.1) is 0 Å². The highest BCUT2D eigenvalue weighted by atomic mass is 32.2. The Morgan fingerprint density at radius 1 is 1.03 bits per heavy atom. The Labute approximate surface area is 174 Å². The van der Waals surface area contributed by atoms with Crippen LogP contribution in [0, 0.1) is 0 Å². The average molecular weight is 438 g/mol. The molecule has 0 saturated heterocycles. The number of nitrogens with one attached hydrogen (secondary N) is 3. The molecule has 2 amide bonds. The number of sulfonamides is 1. The SMILES string of the molecule is COc1ccc(C(=O)NNC(=O)C(CCSC)NS(=O)(=O)c2ccccc2)cc1. The van der Waals surface area contributed by atoms with Crippen molar-refractivity contribution in [3.63, 3.8) is 0 Å². The third kappa shape index (κ3) is 6.77. The molecule has 1 unspecified atom stereocenters. The van der Waals surface area contributed by atoms with Gasteiger partial charge in [0, 0.05) is 5.56 Å². The maximum absolute atomic E-state index is 12.5.